The fourth-order valence-corrected chi connectivity index (χ4v) is 7.64. The van der Waals surface area contributed by atoms with Gasteiger partial charge < -0.3 is 25.6 Å². The number of sulfonamides is 1. The van der Waals surface area contributed by atoms with Crippen LogP contribution in [0.2, 0.25) is 5.02 Å². The maximum absolute atomic E-state index is 13.6. The van der Waals surface area contributed by atoms with E-state index >= 15 is 0 Å². The second-order valence-electron chi connectivity index (χ2n) is 12.2. The first-order valence-corrected chi connectivity index (χ1v) is 17.7. The topological polar surface area (TPSA) is 149 Å². The zero-order valence-electron chi connectivity index (χ0n) is 27.1. The number of amides is 3. The number of nitrogens with one attached hydrogen (secondary N) is 4. The van der Waals surface area contributed by atoms with Gasteiger partial charge in [-0.2, -0.15) is 4.31 Å². The molecule has 0 radical (unpaired) electrons. The van der Waals surface area contributed by atoms with Gasteiger partial charge in [-0.05, 0) is 81.6 Å². The number of nitrogens with zero attached hydrogens (tertiary/aromatic N) is 2. The maximum atomic E-state index is 13.6. The van der Waals surface area contributed by atoms with E-state index in [1.54, 1.807) is 50.2 Å². The van der Waals surface area contributed by atoms with Crippen LogP contribution in [0.4, 0.5) is 16.2 Å². The van der Waals surface area contributed by atoms with Gasteiger partial charge in [0, 0.05) is 42.5 Å². The number of aryl methyl sites for hydroxylation is 1. The third-order valence-corrected chi connectivity index (χ3v) is 10.3. The van der Waals surface area contributed by atoms with Gasteiger partial charge in [0.1, 0.15) is 12.1 Å². The molecule has 0 spiro atoms. The molecule has 0 aliphatic carbocycles. The number of esters is 1. The van der Waals surface area contributed by atoms with E-state index in [0.29, 0.717) is 36.6 Å². The molecule has 2 aliphatic heterocycles. The van der Waals surface area contributed by atoms with Gasteiger partial charge >= 0.3 is 12.0 Å². The highest BCUT2D eigenvalue weighted by molar-refractivity contribution is 7.89. The Balaban J connectivity index is 1.25. The lowest BCUT2D eigenvalue weighted by molar-refractivity contribution is -0.151. The zero-order chi connectivity index (χ0) is 34.4. The largest absolute Gasteiger partial charge is 0.461 e. The molecule has 0 saturated carbocycles. The van der Waals surface area contributed by atoms with E-state index in [1.165, 1.54) is 16.4 Å². The first-order valence-electron chi connectivity index (χ1n) is 15.9. The van der Waals surface area contributed by atoms with Crippen LogP contribution in [0.15, 0.2) is 77.7 Å². The van der Waals surface area contributed by atoms with E-state index in [4.69, 9.17) is 16.3 Å². The molecule has 2 aliphatic rings. The molecule has 2 saturated heterocycles. The van der Waals surface area contributed by atoms with Crippen molar-refractivity contribution >= 4 is 50.9 Å². The van der Waals surface area contributed by atoms with Gasteiger partial charge in [0.05, 0.1) is 11.0 Å². The Morgan fingerprint density at radius 1 is 1.02 bits per heavy atom. The highest BCUT2D eigenvalue weighted by Crippen LogP contribution is 2.27. The van der Waals surface area contributed by atoms with Crippen LogP contribution >= 0.6 is 11.6 Å². The van der Waals surface area contributed by atoms with E-state index in [-0.39, 0.29) is 17.9 Å². The monoisotopic (exact) mass is 696 g/mol. The Labute approximate surface area is 286 Å². The van der Waals surface area contributed by atoms with Crippen molar-refractivity contribution in [2.24, 2.45) is 0 Å². The van der Waals surface area contributed by atoms with Crippen molar-refractivity contribution in [3.05, 3.63) is 88.9 Å². The predicted molar refractivity (Wildman–Crippen MR) is 184 cm³/mol. The number of anilines is 2. The van der Waals surface area contributed by atoms with E-state index in [1.807, 2.05) is 36.1 Å². The summed E-state index contributed by atoms with van der Waals surface area (Å²) in [6.45, 7) is 6.82. The average molecular weight is 697 g/mol. The molecule has 2 fully saturated rings. The molecular formula is C34H41ClN6O6S. The first-order chi connectivity index (χ1) is 22.9. The van der Waals surface area contributed by atoms with Crippen LogP contribution in [0, 0.1) is 6.92 Å². The number of urea groups is 1. The third-order valence-electron chi connectivity index (χ3n) is 8.15. The van der Waals surface area contributed by atoms with Crippen molar-refractivity contribution in [3.8, 4) is 0 Å². The summed E-state index contributed by atoms with van der Waals surface area (Å²) >= 11 is 6.02. The number of ether oxygens (including phenoxy) is 1. The Morgan fingerprint density at radius 3 is 2.44 bits per heavy atom. The van der Waals surface area contributed by atoms with Crippen molar-refractivity contribution in [2.75, 3.05) is 29.9 Å². The van der Waals surface area contributed by atoms with Crippen LogP contribution < -0.4 is 26.2 Å². The minimum absolute atomic E-state index is 0.121. The van der Waals surface area contributed by atoms with Gasteiger partial charge in [0.2, 0.25) is 15.9 Å². The fourth-order valence-electron chi connectivity index (χ4n) is 5.80. The molecule has 2 heterocycles. The molecule has 12 nitrogen and oxygen atoms in total. The SMILES string of the molecule is Cc1ccc(S(=O)(=O)N2CCC[C@H]2C(=O)N[C@@H](Cc2ccc(N3CCNC3NC(=O)Nc3cccc(Cl)c3)cc2)C(=O)OC(C)C)cc1. The molecular weight excluding hydrogens is 656 g/mol. The summed E-state index contributed by atoms with van der Waals surface area (Å²) < 4.78 is 33.6. The summed E-state index contributed by atoms with van der Waals surface area (Å²) in [5.41, 5.74) is 3.09. The Hall–Kier alpha value is -4.17. The number of carbonyl (C=O) groups excluding carboxylic acids is 3. The van der Waals surface area contributed by atoms with Crippen LogP contribution in [-0.2, 0) is 30.8 Å². The molecule has 0 aromatic heterocycles. The number of halogens is 1. The second-order valence-corrected chi connectivity index (χ2v) is 14.5. The smallest absolute Gasteiger partial charge is 0.329 e. The number of hydrogen-bond acceptors (Lipinski definition) is 8. The number of carbonyl (C=O) groups is 3. The molecule has 3 aromatic carbocycles. The van der Waals surface area contributed by atoms with Crippen molar-refractivity contribution < 1.29 is 27.5 Å². The van der Waals surface area contributed by atoms with E-state index in [9.17, 15) is 22.8 Å². The van der Waals surface area contributed by atoms with Crippen molar-refractivity contribution in [2.45, 2.75) is 69.4 Å². The molecule has 14 heteroatoms. The summed E-state index contributed by atoms with van der Waals surface area (Å²) in [4.78, 5) is 41.5. The van der Waals surface area contributed by atoms with Crippen LogP contribution in [0.3, 0.4) is 0 Å². The lowest BCUT2D eigenvalue weighted by Gasteiger charge is -2.27. The van der Waals surface area contributed by atoms with Gasteiger partial charge in [-0.3, -0.25) is 10.1 Å². The molecule has 4 N–H and O–H groups in total. The number of rotatable bonds is 11. The van der Waals surface area contributed by atoms with Crippen LogP contribution in [0.1, 0.15) is 37.8 Å². The van der Waals surface area contributed by atoms with Crippen LogP contribution in [0.5, 0.6) is 0 Å². The number of benzene rings is 3. The van der Waals surface area contributed by atoms with Gasteiger partial charge in [0.25, 0.3) is 0 Å². The lowest BCUT2D eigenvalue weighted by atomic mass is 10.0. The summed E-state index contributed by atoms with van der Waals surface area (Å²) in [5.74, 6) is -1.15. The second kappa shape index (κ2) is 15.4. The summed E-state index contributed by atoms with van der Waals surface area (Å²) in [7, 11) is -3.92. The summed E-state index contributed by atoms with van der Waals surface area (Å²) in [6, 6.07) is 18.5. The van der Waals surface area contributed by atoms with Gasteiger partial charge in [-0.25, -0.2) is 18.0 Å². The predicted octanol–water partition coefficient (Wildman–Crippen LogP) is 4.00. The molecule has 3 amide bonds. The van der Waals surface area contributed by atoms with E-state index in [2.05, 4.69) is 21.3 Å². The van der Waals surface area contributed by atoms with E-state index < -0.39 is 52.4 Å². The van der Waals surface area contributed by atoms with Gasteiger partial charge in [0.15, 0.2) is 6.29 Å². The Morgan fingerprint density at radius 2 is 1.75 bits per heavy atom. The maximum Gasteiger partial charge on any atom is 0.329 e. The summed E-state index contributed by atoms with van der Waals surface area (Å²) in [6.07, 6.45) is 0.126. The van der Waals surface area contributed by atoms with Crippen molar-refractivity contribution in [1.82, 2.24) is 20.3 Å². The van der Waals surface area contributed by atoms with Gasteiger partial charge in [-0.1, -0.05) is 47.5 Å². The number of hydrogen-bond donors (Lipinski definition) is 4. The standard InChI is InChI=1S/C34H41ClN6O6S/c1-22(2)47-32(43)29(38-31(42)30-8-5-18-41(30)48(45,46)28-15-9-23(3)10-16-28)20-24-11-13-27(14-12-24)40-19-17-36-33(40)39-34(44)37-26-7-4-6-25(35)21-26/h4,6-7,9-16,21-22,29-30,33,36H,5,8,17-20H2,1-3H3,(H,38,42)(H2,37,39,44)/t29-,30-,33?/m0/s1. The zero-order valence-corrected chi connectivity index (χ0v) is 28.7. The van der Waals surface area contributed by atoms with Crippen LogP contribution in [0.25, 0.3) is 0 Å². The van der Waals surface area contributed by atoms with Crippen molar-refractivity contribution in [1.29, 1.82) is 0 Å². The highest BCUT2D eigenvalue weighted by atomic mass is 35.5. The molecule has 0 bridgehead atoms. The normalized spacial score (nSPS) is 18.8. The van der Waals surface area contributed by atoms with Crippen molar-refractivity contribution in [3.63, 3.8) is 0 Å². The van der Waals surface area contributed by atoms with Crippen LogP contribution in [-0.4, -0.2) is 74.7 Å². The highest BCUT2D eigenvalue weighted by Gasteiger charge is 2.40. The van der Waals surface area contributed by atoms with Gasteiger partial charge in [-0.15, -0.1) is 0 Å². The molecule has 3 aromatic rings. The first kappa shape index (κ1) is 35.1. The lowest BCUT2D eigenvalue weighted by Crippen LogP contribution is -2.52. The minimum Gasteiger partial charge on any atom is -0.461 e. The average Bonchev–Trinajstić information content (AvgIpc) is 3.72. The molecule has 48 heavy (non-hydrogen) atoms. The van der Waals surface area contributed by atoms with E-state index in [0.717, 1.165) is 16.8 Å². The molecule has 5 rings (SSSR count). The Kier molecular flexibility index (Phi) is 11.3. The molecule has 3 atom stereocenters. The summed E-state index contributed by atoms with van der Waals surface area (Å²) in [5, 5.41) is 12.3. The molecule has 256 valence electrons. The third kappa shape index (κ3) is 8.64. The minimum atomic E-state index is -3.92. The Bertz CT molecular complexity index is 1720. The fraction of sp³-hybridized carbons (Fsp3) is 0.382. The molecule has 1 unspecified atom stereocenters. The quantitative estimate of drug-likeness (QED) is 0.220.